The number of hydrogen-bond donors (Lipinski definition) is 1. The van der Waals surface area contributed by atoms with E-state index in [1.165, 1.54) is 0 Å². The highest BCUT2D eigenvalue weighted by Crippen LogP contribution is 2.27. The maximum absolute atomic E-state index is 12.3. The molecule has 1 heterocycles. The Balaban J connectivity index is 1.73. The first kappa shape index (κ1) is 17.4. The second-order valence-electron chi connectivity index (χ2n) is 5.47. The molecule has 0 saturated carbocycles. The van der Waals surface area contributed by atoms with Crippen LogP contribution in [0, 0.1) is 0 Å². The van der Waals surface area contributed by atoms with Crippen molar-refractivity contribution in [3.63, 3.8) is 0 Å². The number of nitrogens with zero attached hydrogens (tertiary/aromatic N) is 1. The molecule has 22 heavy (non-hydrogen) atoms. The molecule has 0 aliphatic carbocycles. The average Bonchev–Trinajstić information content (AvgIpc) is 2.94. The third kappa shape index (κ3) is 4.77. The van der Waals surface area contributed by atoms with Gasteiger partial charge in [0, 0.05) is 30.6 Å². The second kappa shape index (κ2) is 8.61. The summed E-state index contributed by atoms with van der Waals surface area (Å²) in [6, 6.07) is 5.47. The van der Waals surface area contributed by atoms with Gasteiger partial charge in [-0.2, -0.15) is 0 Å². The minimum absolute atomic E-state index is 0.212. The summed E-state index contributed by atoms with van der Waals surface area (Å²) >= 11 is 11.9. The third-order valence-corrected chi connectivity index (χ3v) is 4.35. The Bertz CT molecular complexity index is 511. The van der Waals surface area contributed by atoms with E-state index in [9.17, 15) is 4.79 Å². The van der Waals surface area contributed by atoms with Gasteiger partial charge in [-0.05, 0) is 44.5 Å². The van der Waals surface area contributed by atoms with Gasteiger partial charge in [0.05, 0.1) is 11.6 Å². The van der Waals surface area contributed by atoms with E-state index < -0.39 is 0 Å². The Morgan fingerprint density at radius 2 is 2.27 bits per heavy atom. The molecule has 122 valence electrons. The average molecular weight is 345 g/mol. The fourth-order valence-electron chi connectivity index (χ4n) is 2.75. The Kier molecular flexibility index (Phi) is 6.80. The molecule has 1 aromatic carbocycles. The molecule has 1 aliphatic heterocycles. The molecule has 2 rings (SSSR count). The second-order valence-corrected chi connectivity index (χ2v) is 6.31. The molecule has 1 aliphatic rings. The zero-order valence-corrected chi connectivity index (χ0v) is 14.3. The summed E-state index contributed by atoms with van der Waals surface area (Å²) < 4.78 is 5.61. The predicted octanol–water partition coefficient (Wildman–Crippen LogP) is 3.36. The van der Waals surface area contributed by atoms with Crippen LogP contribution in [0.25, 0.3) is 0 Å². The Labute approximate surface area is 141 Å². The third-order valence-electron chi connectivity index (χ3n) is 3.82. The van der Waals surface area contributed by atoms with Crippen molar-refractivity contribution < 1.29 is 9.53 Å². The number of halogens is 2. The minimum atomic E-state index is 0.212. The van der Waals surface area contributed by atoms with Crippen LogP contribution in [0.5, 0.6) is 5.75 Å². The van der Waals surface area contributed by atoms with E-state index in [1.807, 2.05) is 11.9 Å². The van der Waals surface area contributed by atoms with Crippen LogP contribution in [0.4, 0.5) is 0 Å². The zero-order chi connectivity index (χ0) is 15.9. The van der Waals surface area contributed by atoms with Crippen molar-refractivity contribution >= 4 is 29.1 Å². The summed E-state index contributed by atoms with van der Waals surface area (Å²) in [7, 11) is 1.92. The largest absolute Gasteiger partial charge is 0.492 e. The molecule has 4 nitrogen and oxygen atoms in total. The molecule has 1 saturated heterocycles. The van der Waals surface area contributed by atoms with E-state index in [0.717, 1.165) is 25.9 Å². The number of likely N-dealkylation sites (tertiary alicyclic amines) is 1. The van der Waals surface area contributed by atoms with Crippen LogP contribution in [-0.2, 0) is 4.79 Å². The molecular formula is C16H22Cl2N2O2. The molecule has 0 radical (unpaired) electrons. The lowest BCUT2D eigenvalue weighted by atomic mass is 10.2. The quantitative estimate of drug-likeness (QED) is 0.771. The predicted molar refractivity (Wildman–Crippen MR) is 89.9 cm³/mol. The number of rotatable bonds is 7. The van der Waals surface area contributed by atoms with E-state index in [1.54, 1.807) is 18.2 Å². The number of benzene rings is 1. The first-order valence-electron chi connectivity index (χ1n) is 7.63. The molecule has 0 aromatic heterocycles. The van der Waals surface area contributed by atoms with Crippen molar-refractivity contribution in [2.24, 2.45) is 0 Å². The number of carbonyl (C=O) groups excluding carboxylic acids is 1. The van der Waals surface area contributed by atoms with Crippen LogP contribution in [0.2, 0.25) is 10.0 Å². The van der Waals surface area contributed by atoms with Crippen molar-refractivity contribution in [2.75, 3.05) is 26.7 Å². The molecule has 1 N–H and O–H groups in total. The normalized spacial score (nSPS) is 17.8. The summed E-state index contributed by atoms with van der Waals surface area (Å²) in [6.45, 7) is 2.20. The van der Waals surface area contributed by atoms with Gasteiger partial charge in [-0.25, -0.2) is 0 Å². The maximum Gasteiger partial charge on any atom is 0.222 e. The number of hydrogen-bond acceptors (Lipinski definition) is 3. The van der Waals surface area contributed by atoms with Gasteiger partial charge in [0.15, 0.2) is 0 Å². The van der Waals surface area contributed by atoms with Gasteiger partial charge < -0.3 is 15.0 Å². The van der Waals surface area contributed by atoms with Crippen LogP contribution in [0.15, 0.2) is 18.2 Å². The standard InChI is InChI=1S/C16H22Cl2N2O2/c1-19-11-13-4-2-8-20(13)16(21)5-3-9-22-15-7-6-12(17)10-14(15)18/h6-7,10,13,19H,2-5,8-9,11H2,1H3. The fourth-order valence-corrected chi connectivity index (χ4v) is 3.22. The van der Waals surface area contributed by atoms with Crippen LogP contribution in [0.3, 0.4) is 0 Å². The summed E-state index contributed by atoms with van der Waals surface area (Å²) in [5.74, 6) is 0.816. The van der Waals surface area contributed by atoms with Crippen molar-refractivity contribution in [1.82, 2.24) is 10.2 Å². The van der Waals surface area contributed by atoms with Crippen molar-refractivity contribution in [1.29, 1.82) is 0 Å². The zero-order valence-electron chi connectivity index (χ0n) is 12.8. The van der Waals surface area contributed by atoms with Crippen LogP contribution >= 0.6 is 23.2 Å². The van der Waals surface area contributed by atoms with Crippen molar-refractivity contribution in [3.05, 3.63) is 28.2 Å². The van der Waals surface area contributed by atoms with E-state index in [-0.39, 0.29) is 5.91 Å². The van der Waals surface area contributed by atoms with Crippen molar-refractivity contribution in [3.8, 4) is 5.75 Å². The number of carbonyl (C=O) groups is 1. The molecule has 1 aromatic rings. The van der Waals surface area contributed by atoms with Gasteiger partial charge in [0.1, 0.15) is 5.75 Å². The van der Waals surface area contributed by atoms with E-state index >= 15 is 0 Å². The number of nitrogens with one attached hydrogen (secondary N) is 1. The summed E-state index contributed by atoms with van der Waals surface area (Å²) in [5.41, 5.74) is 0. The summed E-state index contributed by atoms with van der Waals surface area (Å²) in [5, 5.41) is 4.22. The van der Waals surface area contributed by atoms with Crippen LogP contribution in [-0.4, -0.2) is 43.6 Å². The van der Waals surface area contributed by atoms with Gasteiger partial charge in [-0.1, -0.05) is 23.2 Å². The molecule has 1 fully saturated rings. The van der Waals surface area contributed by atoms with Gasteiger partial charge >= 0.3 is 0 Å². The first-order valence-corrected chi connectivity index (χ1v) is 8.39. The molecular weight excluding hydrogens is 323 g/mol. The summed E-state index contributed by atoms with van der Waals surface area (Å²) in [4.78, 5) is 14.2. The van der Waals surface area contributed by atoms with Gasteiger partial charge in [-0.15, -0.1) is 0 Å². The number of likely N-dealkylation sites (N-methyl/N-ethyl adjacent to an activating group) is 1. The highest BCUT2D eigenvalue weighted by Gasteiger charge is 2.27. The van der Waals surface area contributed by atoms with E-state index in [0.29, 0.717) is 41.3 Å². The Hall–Kier alpha value is -0.970. The lowest BCUT2D eigenvalue weighted by molar-refractivity contribution is -0.132. The number of amides is 1. The Morgan fingerprint density at radius 3 is 3.00 bits per heavy atom. The first-order chi connectivity index (χ1) is 10.6. The highest BCUT2D eigenvalue weighted by molar-refractivity contribution is 6.35. The summed E-state index contributed by atoms with van der Waals surface area (Å²) in [6.07, 6.45) is 3.37. The monoisotopic (exact) mass is 344 g/mol. The highest BCUT2D eigenvalue weighted by atomic mass is 35.5. The molecule has 0 bridgehead atoms. The van der Waals surface area contributed by atoms with Gasteiger partial charge in [0.2, 0.25) is 5.91 Å². The van der Waals surface area contributed by atoms with Crippen molar-refractivity contribution in [2.45, 2.75) is 31.7 Å². The van der Waals surface area contributed by atoms with Gasteiger partial charge in [0.25, 0.3) is 0 Å². The lowest BCUT2D eigenvalue weighted by Crippen LogP contribution is -2.40. The maximum atomic E-state index is 12.3. The Morgan fingerprint density at radius 1 is 1.45 bits per heavy atom. The van der Waals surface area contributed by atoms with Gasteiger partial charge in [-0.3, -0.25) is 4.79 Å². The molecule has 1 unspecified atom stereocenters. The van der Waals surface area contributed by atoms with E-state index in [4.69, 9.17) is 27.9 Å². The fraction of sp³-hybridized carbons (Fsp3) is 0.562. The molecule has 1 amide bonds. The van der Waals surface area contributed by atoms with Crippen LogP contribution in [0.1, 0.15) is 25.7 Å². The minimum Gasteiger partial charge on any atom is -0.492 e. The lowest BCUT2D eigenvalue weighted by Gasteiger charge is -2.24. The van der Waals surface area contributed by atoms with Crippen LogP contribution < -0.4 is 10.1 Å². The van der Waals surface area contributed by atoms with E-state index in [2.05, 4.69) is 5.32 Å². The number of ether oxygens (including phenoxy) is 1. The SMILES string of the molecule is CNCC1CCCN1C(=O)CCCOc1ccc(Cl)cc1Cl. The topological polar surface area (TPSA) is 41.6 Å². The molecule has 0 spiro atoms. The smallest absolute Gasteiger partial charge is 0.222 e. The molecule has 6 heteroatoms. The molecule has 1 atom stereocenters.